The smallest absolute Gasteiger partial charge is 0.195 e. The van der Waals surface area contributed by atoms with Crippen molar-refractivity contribution in [3.63, 3.8) is 0 Å². The van der Waals surface area contributed by atoms with Crippen LogP contribution in [0.2, 0.25) is 0 Å². The molecule has 1 aliphatic rings. The molecule has 0 radical (unpaired) electrons. The van der Waals surface area contributed by atoms with E-state index in [9.17, 15) is 8.78 Å². The molecule has 2 aromatic rings. The van der Waals surface area contributed by atoms with Gasteiger partial charge in [0.1, 0.15) is 5.75 Å². The Morgan fingerprint density at radius 3 is 2.57 bits per heavy atom. The van der Waals surface area contributed by atoms with E-state index in [0.29, 0.717) is 17.0 Å². The third-order valence-electron chi connectivity index (χ3n) is 3.55. The quantitative estimate of drug-likeness (QED) is 0.912. The van der Waals surface area contributed by atoms with Crippen molar-refractivity contribution in [2.24, 2.45) is 4.99 Å². The number of aliphatic imine (C=N–C) groups is 1. The van der Waals surface area contributed by atoms with E-state index in [4.69, 9.17) is 4.74 Å². The minimum Gasteiger partial charge on any atom is -0.466 e. The first kappa shape index (κ1) is 15.5. The second-order valence-electron chi connectivity index (χ2n) is 5.88. The molecule has 23 heavy (non-hydrogen) atoms. The lowest BCUT2D eigenvalue weighted by Crippen LogP contribution is -2.32. The molecular formula is C18H18F2N2O. The molecule has 0 saturated carbocycles. The SMILES string of the molecule is CCNc1ccc2c(c1)OC(C)(C)N=C2c1ccc(F)c(F)c1. The van der Waals surface area contributed by atoms with Crippen LogP contribution >= 0.6 is 0 Å². The summed E-state index contributed by atoms with van der Waals surface area (Å²) in [7, 11) is 0. The first-order chi connectivity index (χ1) is 10.9. The summed E-state index contributed by atoms with van der Waals surface area (Å²) in [4.78, 5) is 4.56. The molecule has 1 heterocycles. The number of halogens is 2. The van der Waals surface area contributed by atoms with Gasteiger partial charge in [0.05, 0.1) is 5.71 Å². The van der Waals surface area contributed by atoms with E-state index in [1.807, 2.05) is 39.0 Å². The zero-order valence-corrected chi connectivity index (χ0v) is 13.3. The lowest BCUT2D eigenvalue weighted by Gasteiger charge is -2.30. The van der Waals surface area contributed by atoms with E-state index in [-0.39, 0.29) is 0 Å². The summed E-state index contributed by atoms with van der Waals surface area (Å²) < 4.78 is 32.7. The van der Waals surface area contributed by atoms with Gasteiger partial charge in [-0.3, -0.25) is 0 Å². The van der Waals surface area contributed by atoms with Crippen molar-refractivity contribution in [1.82, 2.24) is 0 Å². The van der Waals surface area contributed by atoms with Gasteiger partial charge in [-0.2, -0.15) is 0 Å². The highest BCUT2D eigenvalue weighted by molar-refractivity contribution is 6.15. The van der Waals surface area contributed by atoms with Gasteiger partial charge in [-0.05, 0) is 51.1 Å². The van der Waals surface area contributed by atoms with E-state index in [0.717, 1.165) is 29.9 Å². The summed E-state index contributed by atoms with van der Waals surface area (Å²) in [5.41, 5.74) is 2.04. The van der Waals surface area contributed by atoms with E-state index in [1.165, 1.54) is 6.07 Å². The molecule has 1 N–H and O–H groups in total. The molecule has 3 rings (SSSR count). The zero-order valence-electron chi connectivity index (χ0n) is 13.3. The van der Waals surface area contributed by atoms with E-state index >= 15 is 0 Å². The molecule has 5 heteroatoms. The van der Waals surface area contributed by atoms with Gasteiger partial charge in [-0.1, -0.05) is 0 Å². The Balaban J connectivity index is 2.12. The number of hydrogen-bond acceptors (Lipinski definition) is 3. The van der Waals surface area contributed by atoms with Crippen LogP contribution in [0.3, 0.4) is 0 Å². The summed E-state index contributed by atoms with van der Waals surface area (Å²) in [5, 5.41) is 3.23. The standard InChI is InChI=1S/C18H18F2N2O/c1-4-21-12-6-7-13-16(10-12)23-18(2,3)22-17(13)11-5-8-14(19)15(20)9-11/h5-10,21H,4H2,1-3H3. The lowest BCUT2D eigenvalue weighted by atomic mass is 9.98. The van der Waals surface area contributed by atoms with Crippen LogP contribution in [0.4, 0.5) is 14.5 Å². The molecule has 0 spiro atoms. The van der Waals surface area contributed by atoms with Gasteiger partial charge in [0.15, 0.2) is 17.4 Å². The second-order valence-corrected chi connectivity index (χ2v) is 5.88. The maximum Gasteiger partial charge on any atom is 0.195 e. The van der Waals surface area contributed by atoms with E-state index in [2.05, 4.69) is 10.3 Å². The van der Waals surface area contributed by atoms with Crippen LogP contribution < -0.4 is 10.1 Å². The molecule has 120 valence electrons. The van der Waals surface area contributed by atoms with Crippen LogP contribution in [-0.4, -0.2) is 18.0 Å². The minimum absolute atomic E-state index is 0.526. The fourth-order valence-corrected chi connectivity index (χ4v) is 2.60. The third kappa shape index (κ3) is 3.04. The highest BCUT2D eigenvalue weighted by atomic mass is 19.2. The Kier molecular flexibility index (Phi) is 3.80. The Hall–Kier alpha value is -2.43. The van der Waals surface area contributed by atoms with Crippen LogP contribution in [0.5, 0.6) is 5.75 Å². The number of benzene rings is 2. The average molecular weight is 316 g/mol. The van der Waals surface area contributed by atoms with Gasteiger partial charge in [0.25, 0.3) is 0 Å². The predicted octanol–water partition coefficient (Wildman–Crippen LogP) is 4.36. The number of rotatable bonds is 3. The largest absolute Gasteiger partial charge is 0.466 e. The maximum absolute atomic E-state index is 13.6. The number of anilines is 1. The van der Waals surface area contributed by atoms with Gasteiger partial charge in [0.2, 0.25) is 0 Å². The van der Waals surface area contributed by atoms with Crippen LogP contribution in [0.1, 0.15) is 31.9 Å². The monoisotopic (exact) mass is 316 g/mol. The molecule has 0 unspecified atom stereocenters. The number of nitrogens with zero attached hydrogens (tertiary/aromatic N) is 1. The molecule has 0 amide bonds. The molecule has 2 aromatic carbocycles. The van der Waals surface area contributed by atoms with Crippen LogP contribution in [0.15, 0.2) is 41.4 Å². The molecule has 0 atom stereocenters. The van der Waals surface area contributed by atoms with Gasteiger partial charge >= 0.3 is 0 Å². The molecule has 1 aliphatic heterocycles. The molecule has 0 bridgehead atoms. The van der Waals surface area contributed by atoms with Gasteiger partial charge in [-0.25, -0.2) is 13.8 Å². The van der Waals surface area contributed by atoms with E-state index < -0.39 is 17.4 Å². The summed E-state index contributed by atoms with van der Waals surface area (Å²) >= 11 is 0. The molecule has 0 aromatic heterocycles. The van der Waals surface area contributed by atoms with Crippen molar-refractivity contribution < 1.29 is 13.5 Å². The van der Waals surface area contributed by atoms with Gasteiger partial charge < -0.3 is 10.1 Å². The third-order valence-corrected chi connectivity index (χ3v) is 3.55. The molecule has 0 aliphatic carbocycles. The second kappa shape index (κ2) is 5.65. The highest BCUT2D eigenvalue weighted by Crippen LogP contribution is 2.34. The van der Waals surface area contributed by atoms with Crippen LogP contribution in [0.25, 0.3) is 0 Å². The van der Waals surface area contributed by atoms with Crippen molar-refractivity contribution in [2.45, 2.75) is 26.5 Å². The van der Waals surface area contributed by atoms with Crippen LogP contribution in [0, 0.1) is 11.6 Å². The van der Waals surface area contributed by atoms with Crippen molar-refractivity contribution in [3.05, 3.63) is 59.2 Å². The minimum atomic E-state index is -0.889. The number of nitrogens with one attached hydrogen (secondary N) is 1. The Morgan fingerprint density at radius 2 is 1.87 bits per heavy atom. The number of hydrogen-bond donors (Lipinski definition) is 1. The predicted molar refractivity (Wildman–Crippen MR) is 87.3 cm³/mol. The van der Waals surface area contributed by atoms with Crippen molar-refractivity contribution in [2.75, 3.05) is 11.9 Å². The highest BCUT2D eigenvalue weighted by Gasteiger charge is 2.29. The van der Waals surface area contributed by atoms with Crippen molar-refractivity contribution in [3.8, 4) is 5.75 Å². The summed E-state index contributed by atoms with van der Waals surface area (Å²) in [6.45, 7) is 6.47. The lowest BCUT2D eigenvalue weighted by molar-refractivity contribution is 0.115. The Labute approximate surface area is 134 Å². The normalized spacial score (nSPS) is 15.4. The van der Waals surface area contributed by atoms with Crippen molar-refractivity contribution in [1.29, 1.82) is 0 Å². The fraction of sp³-hybridized carbons (Fsp3) is 0.278. The van der Waals surface area contributed by atoms with Crippen molar-refractivity contribution >= 4 is 11.4 Å². The molecule has 3 nitrogen and oxygen atoms in total. The topological polar surface area (TPSA) is 33.6 Å². The Bertz CT molecular complexity index is 785. The van der Waals surface area contributed by atoms with Gasteiger partial charge in [-0.15, -0.1) is 0 Å². The fourth-order valence-electron chi connectivity index (χ4n) is 2.60. The zero-order chi connectivity index (χ0) is 16.6. The summed E-state index contributed by atoms with van der Waals surface area (Å²) in [6, 6.07) is 9.50. The number of ether oxygens (including phenoxy) is 1. The first-order valence-corrected chi connectivity index (χ1v) is 7.52. The molecular weight excluding hydrogens is 298 g/mol. The van der Waals surface area contributed by atoms with E-state index in [1.54, 1.807) is 0 Å². The average Bonchev–Trinajstić information content (AvgIpc) is 2.48. The maximum atomic E-state index is 13.6. The molecule has 0 fully saturated rings. The summed E-state index contributed by atoms with van der Waals surface area (Å²) in [5.74, 6) is -1.09. The summed E-state index contributed by atoms with van der Waals surface area (Å²) in [6.07, 6.45) is 0. The first-order valence-electron chi connectivity index (χ1n) is 7.52. The van der Waals surface area contributed by atoms with Crippen LogP contribution in [-0.2, 0) is 0 Å². The Morgan fingerprint density at radius 1 is 1.09 bits per heavy atom. The molecule has 0 saturated heterocycles. The number of fused-ring (bicyclic) bond motifs is 1. The van der Waals surface area contributed by atoms with Gasteiger partial charge in [0, 0.05) is 29.4 Å².